The van der Waals surface area contributed by atoms with Crippen LogP contribution in [0, 0.1) is 0 Å². The standard InChI is InChI=1S/C26H28ClN5OS/c1-5-31(23-12-8-10-19-9-6-7-11-22(19)23)24(33)17-34-26-29-28-25(18(2)30(3)4)32(26)21-15-13-20(27)14-16-21/h6-16,18H,5,17H2,1-4H3/t18-/m0/s1. The van der Waals surface area contributed by atoms with Crippen molar-refractivity contribution in [3.63, 3.8) is 0 Å². The predicted molar refractivity (Wildman–Crippen MR) is 141 cm³/mol. The largest absolute Gasteiger partial charge is 0.311 e. The van der Waals surface area contributed by atoms with Gasteiger partial charge in [0.1, 0.15) is 0 Å². The van der Waals surface area contributed by atoms with E-state index < -0.39 is 0 Å². The summed E-state index contributed by atoms with van der Waals surface area (Å²) >= 11 is 7.51. The zero-order chi connectivity index (χ0) is 24.2. The third kappa shape index (κ3) is 4.97. The van der Waals surface area contributed by atoms with E-state index >= 15 is 0 Å². The first-order chi connectivity index (χ1) is 16.4. The third-order valence-corrected chi connectivity index (χ3v) is 7.06. The summed E-state index contributed by atoms with van der Waals surface area (Å²) in [5.41, 5.74) is 1.83. The minimum Gasteiger partial charge on any atom is -0.311 e. The van der Waals surface area contributed by atoms with E-state index in [1.165, 1.54) is 11.8 Å². The Bertz CT molecular complexity index is 1280. The number of hydrogen-bond donors (Lipinski definition) is 0. The number of rotatable bonds is 8. The highest BCUT2D eigenvalue weighted by Gasteiger charge is 2.23. The highest BCUT2D eigenvalue weighted by Crippen LogP contribution is 2.30. The first-order valence-corrected chi connectivity index (χ1v) is 12.6. The zero-order valence-electron chi connectivity index (χ0n) is 19.8. The average Bonchev–Trinajstić information content (AvgIpc) is 3.27. The van der Waals surface area contributed by atoms with Gasteiger partial charge in [0, 0.05) is 22.6 Å². The zero-order valence-corrected chi connectivity index (χ0v) is 21.3. The molecule has 4 aromatic rings. The van der Waals surface area contributed by atoms with Crippen LogP contribution >= 0.6 is 23.4 Å². The van der Waals surface area contributed by atoms with Gasteiger partial charge in [-0.2, -0.15) is 0 Å². The molecule has 3 aromatic carbocycles. The second-order valence-electron chi connectivity index (χ2n) is 8.22. The molecule has 0 saturated heterocycles. The Hall–Kier alpha value is -2.87. The number of anilines is 1. The van der Waals surface area contributed by atoms with Crippen LogP contribution in [0.1, 0.15) is 25.7 Å². The van der Waals surface area contributed by atoms with Gasteiger partial charge in [-0.15, -0.1) is 10.2 Å². The van der Waals surface area contributed by atoms with E-state index in [1.54, 1.807) is 0 Å². The number of aromatic nitrogens is 3. The summed E-state index contributed by atoms with van der Waals surface area (Å²) in [6, 6.07) is 21.8. The molecule has 0 spiro atoms. The lowest BCUT2D eigenvalue weighted by molar-refractivity contribution is -0.116. The summed E-state index contributed by atoms with van der Waals surface area (Å²) in [6.45, 7) is 4.66. The molecule has 0 aliphatic carbocycles. The lowest BCUT2D eigenvalue weighted by atomic mass is 10.1. The van der Waals surface area contributed by atoms with Crippen LogP contribution < -0.4 is 4.90 Å². The fraction of sp³-hybridized carbons (Fsp3) is 0.269. The number of thioether (sulfide) groups is 1. The first kappa shape index (κ1) is 24.3. The molecule has 34 heavy (non-hydrogen) atoms. The number of amides is 1. The molecule has 0 fully saturated rings. The van der Waals surface area contributed by atoms with E-state index in [4.69, 9.17) is 11.6 Å². The molecule has 0 aliphatic heterocycles. The van der Waals surface area contributed by atoms with Crippen molar-refractivity contribution in [3.05, 3.63) is 77.6 Å². The van der Waals surface area contributed by atoms with E-state index in [-0.39, 0.29) is 17.7 Å². The van der Waals surface area contributed by atoms with Crippen molar-refractivity contribution in [1.82, 2.24) is 19.7 Å². The molecule has 4 rings (SSSR count). The number of nitrogens with zero attached hydrogens (tertiary/aromatic N) is 5. The molecule has 0 bridgehead atoms. The van der Waals surface area contributed by atoms with E-state index in [1.807, 2.05) is 79.0 Å². The molecule has 1 aromatic heterocycles. The quantitative estimate of drug-likeness (QED) is 0.288. The summed E-state index contributed by atoms with van der Waals surface area (Å²) < 4.78 is 2.01. The minimum atomic E-state index is 0.0247. The summed E-state index contributed by atoms with van der Waals surface area (Å²) in [6.07, 6.45) is 0. The smallest absolute Gasteiger partial charge is 0.237 e. The molecule has 0 N–H and O–H groups in total. The Labute approximate surface area is 209 Å². The van der Waals surface area contributed by atoms with E-state index in [9.17, 15) is 4.79 Å². The van der Waals surface area contributed by atoms with Crippen LogP contribution in [0.3, 0.4) is 0 Å². The van der Waals surface area contributed by atoms with Gasteiger partial charge < -0.3 is 4.90 Å². The van der Waals surface area contributed by atoms with Crippen molar-refractivity contribution >= 4 is 45.7 Å². The van der Waals surface area contributed by atoms with Crippen LogP contribution in [-0.4, -0.2) is 52.0 Å². The maximum absolute atomic E-state index is 13.4. The van der Waals surface area contributed by atoms with Crippen LogP contribution in [0.5, 0.6) is 0 Å². The number of benzene rings is 3. The lowest BCUT2D eigenvalue weighted by Crippen LogP contribution is -2.32. The van der Waals surface area contributed by atoms with Crippen LogP contribution in [0.2, 0.25) is 5.02 Å². The van der Waals surface area contributed by atoms with Gasteiger partial charge >= 0.3 is 0 Å². The Balaban J connectivity index is 1.62. The molecule has 6 nitrogen and oxygen atoms in total. The summed E-state index contributed by atoms with van der Waals surface area (Å²) in [7, 11) is 4.01. The summed E-state index contributed by atoms with van der Waals surface area (Å²) in [5, 5.41) is 12.4. The fourth-order valence-corrected chi connectivity index (χ4v) is 4.80. The van der Waals surface area contributed by atoms with Gasteiger partial charge in [-0.1, -0.05) is 59.8 Å². The molecular weight excluding hydrogens is 466 g/mol. The van der Waals surface area contributed by atoms with Crippen LogP contribution in [0.15, 0.2) is 71.9 Å². The van der Waals surface area contributed by atoms with Crippen molar-refractivity contribution in [2.75, 3.05) is 31.3 Å². The van der Waals surface area contributed by atoms with Gasteiger partial charge in [0.15, 0.2) is 11.0 Å². The van der Waals surface area contributed by atoms with Gasteiger partial charge in [0.2, 0.25) is 5.91 Å². The second kappa shape index (κ2) is 10.6. The molecule has 0 radical (unpaired) electrons. The van der Waals surface area contributed by atoms with Crippen molar-refractivity contribution in [2.24, 2.45) is 0 Å². The predicted octanol–water partition coefficient (Wildman–Crippen LogP) is 5.84. The normalized spacial score (nSPS) is 12.3. The Kier molecular flexibility index (Phi) is 7.56. The van der Waals surface area contributed by atoms with Crippen molar-refractivity contribution in [2.45, 2.75) is 25.0 Å². The van der Waals surface area contributed by atoms with Crippen LogP contribution in [0.25, 0.3) is 16.5 Å². The van der Waals surface area contributed by atoms with Crippen molar-refractivity contribution < 1.29 is 4.79 Å². The molecule has 1 heterocycles. The van der Waals surface area contributed by atoms with Crippen LogP contribution in [-0.2, 0) is 4.79 Å². The molecule has 176 valence electrons. The molecule has 1 amide bonds. The minimum absolute atomic E-state index is 0.0247. The van der Waals surface area contributed by atoms with Gasteiger partial charge in [-0.25, -0.2) is 0 Å². The summed E-state index contributed by atoms with van der Waals surface area (Å²) in [5.74, 6) is 1.08. The number of fused-ring (bicyclic) bond motifs is 1. The van der Waals surface area contributed by atoms with Gasteiger partial charge in [-0.05, 0) is 63.7 Å². The highest BCUT2D eigenvalue weighted by molar-refractivity contribution is 7.99. The number of halogens is 1. The van der Waals surface area contributed by atoms with E-state index in [2.05, 4.69) is 40.2 Å². The van der Waals surface area contributed by atoms with Gasteiger partial charge in [-0.3, -0.25) is 14.3 Å². The lowest BCUT2D eigenvalue weighted by Gasteiger charge is -2.23. The van der Waals surface area contributed by atoms with Crippen molar-refractivity contribution in [3.8, 4) is 5.69 Å². The van der Waals surface area contributed by atoms with Crippen molar-refractivity contribution in [1.29, 1.82) is 0 Å². The SMILES string of the molecule is CCN(C(=O)CSc1nnc([C@H](C)N(C)C)n1-c1ccc(Cl)cc1)c1cccc2ccccc12. The maximum Gasteiger partial charge on any atom is 0.237 e. The molecule has 8 heteroatoms. The maximum atomic E-state index is 13.4. The Morgan fingerprint density at radius 1 is 1.03 bits per heavy atom. The fourth-order valence-electron chi connectivity index (χ4n) is 3.84. The monoisotopic (exact) mass is 493 g/mol. The van der Waals surface area contributed by atoms with E-state index in [0.29, 0.717) is 16.7 Å². The molecule has 0 saturated carbocycles. The summed E-state index contributed by atoms with van der Waals surface area (Å²) in [4.78, 5) is 17.3. The molecule has 0 aliphatic rings. The average molecular weight is 494 g/mol. The molecular formula is C26H28ClN5OS. The molecule has 0 unspecified atom stereocenters. The van der Waals surface area contributed by atoms with Crippen LogP contribution in [0.4, 0.5) is 5.69 Å². The number of hydrogen-bond acceptors (Lipinski definition) is 5. The van der Waals surface area contributed by atoms with E-state index in [0.717, 1.165) is 28.0 Å². The Morgan fingerprint density at radius 3 is 2.44 bits per heavy atom. The first-order valence-electron chi connectivity index (χ1n) is 11.2. The van der Waals surface area contributed by atoms with Gasteiger partial charge in [0.25, 0.3) is 0 Å². The molecule has 1 atom stereocenters. The second-order valence-corrected chi connectivity index (χ2v) is 9.60. The number of carbonyl (C=O) groups excluding carboxylic acids is 1. The number of carbonyl (C=O) groups is 1. The van der Waals surface area contributed by atoms with Gasteiger partial charge in [0.05, 0.1) is 17.5 Å². The highest BCUT2D eigenvalue weighted by atomic mass is 35.5. The topological polar surface area (TPSA) is 54.3 Å². The Morgan fingerprint density at radius 2 is 1.74 bits per heavy atom. The third-order valence-electron chi connectivity index (χ3n) is 5.89.